The Balaban J connectivity index is 1.71. The van der Waals surface area contributed by atoms with Gasteiger partial charge < -0.3 is 9.47 Å². The highest BCUT2D eigenvalue weighted by molar-refractivity contribution is 5.71. The monoisotopic (exact) mass is 358 g/mol. The summed E-state index contributed by atoms with van der Waals surface area (Å²) in [6, 6.07) is 24.0. The highest BCUT2D eigenvalue weighted by Crippen LogP contribution is 2.36. The van der Waals surface area contributed by atoms with Crippen molar-refractivity contribution in [1.82, 2.24) is 9.78 Å². The third kappa shape index (κ3) is 2.73. The van der Waals surface area contributed by atoms with Gasteiger partial charge in [0, 0.05) is 17.2 Å². The van der Waals surface area contributed by atoms with Gasteiger partial charge in [-0.1, -0.05) is 42.5 Å². The molecular weight excluding hydrogens is 343 g/mol. The first-order valence-electron chi connectivity index (χ1n) is 8.60. The minimum absolute atomic E-state index is 0.202. The number of hydrogen-bond acceptors (Lipinski definition) is 3. The summed E-state index contributed by atoms with van der Waals surface area (Å²) in [5.41, 5.74) is 3.68. The third-order valence-corrected chi connectivity index (χ3v) is 4.53. The molecule has 1 aromatic heterocycles. The van der Waals surface area contributed by atoms with Gasteiger partial charge in [0.2, 0.25) is 6.79 Å². The minimum Gasteiger partial charge on any atom is -0.454 e. The van der Waals surface area contributed by atoms with Gasteiger partial charge in [0.05, 0.1) is 17.1 Å². The Bertz CT molecular complexity index is 1120. The highest BCUT2D eigenvalue weighted by atomic mass is 19.1. The SMILES string of the molecule is Fc1ccccc1-c1cc(-c2ccccc2)nn1-c1ccc2c(c1)OCO2. The van der Waals surface area contributed by atoms with E-state index < -0.39 is 0 Å². The van der Waals surface area contributed by atoms with Gasteiger partial charge in [-0.2, -0.15) is 5.10 Å². The Morgan fingerprint density at radius 3 is 2.44 bits per heavy atom. The molecule has 5 rings (SSSR count). The van der Waals surface area contributed by atoms with Crippen LogP contribution in [0.3, 0.4) is 0 Å². The van der Waals surface area contributed by atoms with Crippen molar-refractivity contribution in [3.8, 4) is 39.7 Å². The number of fused-ring (bicyclic) bond motifs is 1. The number of halogens is 1. The van der Waals surface area contributed by atoms with Gasteiger partial charge in [-0.25, -0.2) is 9.07 Å². The topological polar surface area (TPSA) is 36.3 Å². The molecule has 4 nitrogen and oxygen atoms in total. The molecule has 0 fully saturated rings. The predicted molar refractivity (Wildman–Crippen MR) is 101 cm³/mol. The smallest absolute Gasteiger partial charge is 0.231 e. The van der Waals surface area contributed by atoms with Crippen LogP contribution in [0, 0.1) is 5.82 Å². The Labute approximate surface area is 155 Å². The Morgan fingerprint density at radius 1 is 0.815 bits per heavy atom. The van der Waals surface area contributed by atoms with Gasteiger partial charge in [-0.15, -0.1) is 0 Å². The maximum absolute atomic E-state index is 14.5. The number of aromatic nitrogens is 2. The van der Waals surface area contributed by atoms with Crippen molar-refractivity contribution in [2.24, 2.45) is 0 Å². The van der Waals surface area contributed by atoms with Crippen molar-refractivity contribution in [2.75, 3.05) is 6.79 Å². The van der Waals surface area contributed by atoms with E-state index in [9.17, 15) is 4.39 Å². The summed E-state index contributed by atoms with van der Waals surface area (Å²) in [6.07, 6.45) is 0. The minimum atomic E-state index is -0.293. The normalized spacial score (nSPS) is 12.3. The molecule has 2 heterocycles. The van der Waals surface area contributed by atoms with Crippen LogP contribution in [0.25, 0.3) is 28.2 Å². The fraction of sp³-hybridized carbons (Fsp3) is 0.0455. The summed E-state index contributed by atoms with van der Waals surface area (Å²) in [5.74, 6) is 1.06. The molecule has 0 aliphatic carbocycles. The first-order chi connectivity index (χ1) is 13.3. The van der Waals surface area contributed by atoms with E-state index in [0.29, 0.717) is 22.8 Å². The first kappa shape index (κ1) is 15.6. The number of rotatable bonds is 3. The molecule has 0 N–H and O–H groups in total. The standard InChI is InChI=1S/C22H15FN2O2/c23-18-9-5-4-8-17(18)20-13-19(15-6-2-1-3-7-15)24-25(20)16-10-11-21-22(12-16)27-14-26-21/h1-13H,14H2. The molecule has 0 atom stereocenters. The Morgan fingerprint density at radius 2 is 1.59 bits per heavy atom. The van der Waals surface area contributed by atoms with Crippen LogP contribution < -0.4 is 9.47 Å². The second-order valence-corrected chi connectivity index (χ2v) is 6.21. The zero-order valence-corrected chi connectivity index (χ0v) is 14.3. The van der Waals surface area contributed by atoms with E-state index >= 15 is 0 Å². The lowest BCUT2D eigenvalue weighted by Gasteiger charge is -2.09. The maximum Gasteiger partial charge on any atom is 0.231 e. The Kier molecular flexibility index (Phi) is 3.64. The van der Waals surface area contributed by atoms with Crippen molar-refractivity contribution in [1.29, 1.82) is 0 Å². The quantitative estimate of drug-likeness (QED) is 0.513. The molecular formula is C22H15FN2O2. The molecule has 0 amide bonds. The van der Waals surface area contributed by atoms with E-state index in [-0.39, 0.29) is 12.6 Å². The predicted octanol–water partition coefficient (Wildman–Crippen LogP) is 5.07. The van der Waals surface area contributed by atoms with E-state index in [1.54, 1.807) is 16.8 Å². The van der Waals surface area contributed by atoms with Gasteiger partial charge in [0.15, 0.2) is 11.5 Å². The number of nitrogens with zero attached hydrogens (tertiary/aromatic N) is 2. The molecule has 0 spiro atoms. The molecule has 4 aromatic rings. The van der Waals surface area contributed by atoms with Gasteiger partial charge in [0.1, 0.15) is 5.82 Å². The summed E-state index contributed by atoms with van der Waals surface area (Å²) >= 11 is 0. The van der Waals surface area contributed by atoms with Crippen LogP contribution in [0.5, 0.6) is 11.5 Å². The molecule has 0 saturated heterocycles. The second-order valence-electron chi connectivity index (χ2n) is 6.21. The summed E-state index contributed by atoms with van der Waals surface area (Å²) in [6.45, 7) is 0.202. The van der Waals surface area contributed by atoms with E-state index in [0.717, 1.165) is 16.9 Å². The summed E-state index contributed by atoms with van der Waals surface area (Å²) in [7, 11) is 0. The summed E-state index contributed by atoms with van der Waals surface area (Å²) < 4.78 is 27.1. The van der Waals surface area contributed by atoms with E-state index in [1.807, 2.05) is 60.7 Å². The van der Waals surface area contributed by atoms with Gasteiger partial charge in [0.25, 0.3) is 0 Å². The van der Waals surface area contributed by atoms with Crippen LogP contribution in [0.4, 0.5) is 4.39 Å². The fourth-order valence-electron chi connectivity index (χ4n) is 3.21. The first-order valence-corrected chi connectivity index (χ1v) is 8.60. The van der Waals surface area contributed by atoms with Crippen molar-refractivity contribution in [3.63, 3.8) is 0 Å². The van der Waals surface area contributed by atoms with Crippen LogP contribution in [0.2, 0.25) is 0 Å². The fourth-order valence-corrected chi connectivity index (χ4v) is 3.21. The summed E-state index contributed by atoms with van der Waals surface area (Å²) in [5, 5.41) is 4.75. The number of hydrogen-bond donors (Lipinski definition) is 0. The van der Waals surface area contributed by atoms with Crippen LogP contribution in [0.1, 0.15) is 0 Å². The molecule has 0 bridgehead atoms. The van der Waals surface area contributed by atoms with E-state index in [4.69, 9.17) is 14.6 Å². The number of benzene rings is 3. The average molecular weight is 358 g/mol. The van der Waals surface area contributed by atoms with Gasteiger partial charge in [-0.3, -0.25) is 0 Å². The largest absolute Gasteiger partial charge is 0.454 e. The van der Waals surface area contributed by atoms with Crippen molar-refractivity contribution in [3.05, 3.63) is 84.7 Å². The lowest BCUT2D eigenvalue weighted by Crippen LogP contribution is -2.00. The summed E-state index contributed by atoms with van der Waals surface area (Å²) in [4.78, 5) is 0. The molecule has 132 valence electrons. The zero-order valence-electron chi connectivity index (χ0n) is 14.3. The van der Waals surface area contributed by atoms with Crippen molar-refractivity contribution >= 4 is 0 Å². The molecule has 0 unspecified atom stereocenters. The van der Waals surface area contributed by atoms with Gasteiger partial charge in [-0.05, 0) is 30.3 Å². The highest BCUT2D eigenvalue weighted by Gasteiger charge is 2.19. The average Bonchev–Trinajstić information content (AvgIpc) is 3.35. The maximum atomic E-state index is 14.5. The van der Waals surface area contributed by atoms with Crippen LogP contribution >= 0.6 is 0 Å². The molecule has 5 heteroatoms. The number of ether oxygens (including phenoxy) is 2. The lowest BCUT2D eigenvalue weighted by molar-refractivity contribution is 0.174. The van der Waals surface area contributed by atoms with Crippen LogP contribution in [0.15, 0.2) is 78.9 Å². The van der Waals surface area contributed by atoms with Crippen LogP contribution in [-0.4, -0.2) is 16.6 Å². The Hall–Kier alpha value is -3.60. The molecule has 0 radical (unpaired) electrons. The molecule has 1 aliphatic heterocycles. The van der Waals surface area contributed by atoms with E-state index in [2.05, 4.69) is 0 Å². The molecule has 27 heavy (non-hydrogen) atoms. The third-order valence-electron chi connectivity index (χ3n) is 4.53. The van der Waals surface area contributed by atoms with Crippen LogP contribution in [-0.2, 0) is 0 Å². The van der Waals surface area contributed by atoms with Crippen molar-refractivity contribution < 1.29 is 13.9 Å². The molecule has 1 aliphatic rings. The molecule has 3 aromatic carbocycles. The van der Waals surface area contributed by atoms with Crippen molar-refractivity contribution in [2.45, 2.75) is 0 Å². The zero-order chi connectivity index (χ0) is 18.2. The molecule has 0 saturated carbocycles. The van der Waals surface area contributed by atoms with E-state index in [1.165, 1.54) is 6.07 Å². The van der Waals surface area contributed by atoms with Gasteiger partial charge >= 0.3 is 0 Å². The second kappa shape index (κ2) is 6.29. The lowest BCUT2D eigenvalue weighted by atomic mass is 10.1.